The maximum atomic E-state index is 5.48. The highest BCUT2D eigenvalue weighted by Crippen LogP contribution is 2.18. The Labute approximate surface area is 139 Å². The van der Waals surface area contributed by atoms with Crippen molar-refractivity contribution in [2.45, 2.75) is 71.3 Å². The Morgan fingerprint density at radius 1 is 0.913 bits per heavy atom. The number of unbranched alkanes of at least 4 members (excludes halogenated alkanes) is 7. The molecule has 4 nitrogen and oxygen atoms in total. The van der Waals surface area contributed by atoms with Gasteiger partial charge >= 0.3 is 0 Å². The van der Waals surface area contributed by atoms with Gasteiger partial charge in [0.15, 0.2) is 0 Å². The predicted molar refractivity (Wildman–Crippen MR) is 93.9 cm³/mol. The summed E-state index contributed by atoms with van der Waals surface area (Å²) in [6, 6.07) is 8.45. The lowest BCUT2D eigenvalue weighted by molar-refractivity contribution is 0.380. The minimum absolute atomic E-state index is 0.281. The Morgan fingerprint density at radius 2 is 1.57 bits per heavy atom. The van der Waals surface area contributed by atoms with Crippen LogP contribution in [-0.2, 0) is 13.0 Å². The monoisotopic (exact) mass is 315 g/mol. The van der Waals surface area contributed by atoms with Crippen LogP contribution in [0.25, 0.3) is 11.4 Å². The van der Waals surface area contributed by atoms with Gasteiger partial charge in [0.05, 0.1) is 6.54 Å². The number of hydrogen-bond acceptors (Lipinski definition) is 4. The molecule has 126 valence electrons. The van der Waals surface area contributed by atoms with Crippen LogP contribution in [0.5, 0.6) is 0 Å². The normalized spacial score (nSPS) is 11.0. The second-order valence-electron chi connectivity index (χ2n) is 6.14. The van der Waals surface area contributed by atoms with Crippen LogP contribution in [0, 0.1) is 0 Å². The van der Waals surface area contributed by atoms with Crippen molar-refractivity contribution in [2.75, 3.05) is 0 Å². The summed E-state index contributed by atoms with van der Waals surface area (Å²) >= 11 is 0. The van der Waals surface area contributed by atoms with Gasteiger partial charge in [-0.2, -0.15) is 4.98 Å². The molecule has 1 heterocycles. The number of nitrogens with zero attached hydrogens (tertiary/aromatic N) is 2. The Morgan fingerprint density at radius 3 is 2.17 bits per heavy atom. The third-order valence-electron chi connectivity index (χ3n) is 4.17. The van der Waals surface area contributed by atoms with Gasteiger partial charge in [0.1, 0.15) is 0 Å². The third-order valence-corrected chi connectivity index (χ3v) is 4.17. The van der Waals surface area contributed by atoms with Crippen LogP contribution >= 0.6 is 0 Å². The quantitative estimate of drug-likeness (QED) is 0.600. The third kappa shape index (κ3) is 6.14. The van der Waals surface area contributed by atoms with Crippen LogP contribution in [0.1, 0.15) is 69.7 Å². The van der Waals surface area contributed by atoms with Crippen molar-refractivity contribution >= 4 is 0 Å². The zero-order valence-corrected chi connectivity index (χ0v) is 14.3. The topological polar surface area (TPSA) is 64.9 Å². The Kier molecular flexibility index (Phi) is 7.81. The molecule has 0 saturated carbocycles. The Bertz CT molecular complexity index is 548. The minimum Gasteiger partial charge on any atom is -0.338 e. The average molecular weight is 315 g/mol. The van der Waals surface area contributed by atoms with Crippen LogP contribution in [-0.4, -0.2) is 10.1 Å². The summed E-state index contributed by atoms with van der Waals surface area (Å²) in [5, 5.41) is 3.94. The zero-order valence-electron chi connectivity index (χ0n) is 14.3. The fraction of sp³-hybridized carbons (Fsp3) is 0.579. The van der Waals surface area contributed by atoms with Crippen molar-refractivity contribution in [3.63, 3.8) is 0 Å². The fourth-order valence-electron chi connectivity index (χ4n) is 2.74. The maximum absolute atomic E-state index is 5.48. The predicted octanol–water partition coefficient (Wildman–Crippen LogP) is 4.88. The lowest BCUT2D eigenvalue weighted by Crippen LogP contribution is -1.95. The molecule has 2 rings (SSSR count). The molecule has 0 saturated heterocycles. The van der Waals surface area contributed by atoms with Gasteiger partial charge in [-0.15, -0.1) is 0 Å². The van der Waals surface area contributed by atoms with Gasteiger partial charge in [-0.1, -0.05) is 81.3 Å². The first-order chi connectivity index (χ1) is 11.3. The van der Waals surface area contributed by atoms with Gasteiger partial charge in [0.25, 0.3) is 0 Å². The molecule has 0 amide bonds. The first kappa shape index (κ1) is 17.7. The Hall–Kier alpha value is -1.68. The van der Waals surface area contributed by atoms with Crippen LogP contribution in [0.15, 0.2) is 28.8 Å². The van der Waals surface area contributed by atoms with Crippen LogP contribution in [0.4, 0.5) is 0 Å². The molecule has 1 aromatic heterocycles. The van der Waals surface area contributed by atoms with Crippen LogP contribution < -0.4 is 5.73 Å². The average Bonchev–Trinajstić information content (AvgIpc) is 3.07. The van der Waals surface area contributed by atoms with Gasteiger partial charge in [0, 0.05) is 5.56 Å². The first-order valence-corrected chi connectivity index (χ1v) is 8.95. The second-order valence-corrected chi connectivity index (χ2v) is 6.14. The highest BCUT2D eigenvalue weighted by Gasteiger charge is 2.06. The molecule has 0 atom stereocenters. The van der Waals surface area contributed by atoms with E-state index in [0.717, 1.165) is 12.0 Å². The number of aromatic nitrogens is 2. The van der Waals surface area contributed by atoms with E-state index in [1.165, 1.54) is 56.9 Å². The largest absolute Gasteiger partial charge is 0.338 e. The van der Waals surface area contributed by atoms with E-state index in [-0.39, 0.29) is 6.54 Å². The Balaban J connectivity index is 1.67. The number of nitrogens with two attached hydrogens (primary N) is 1. The van der Waals surface area contributed by atoms with E-state index in [2.05, 4.69) is 41.3 Å². The van der Waals surface area contributed by atoms with E-state index >= 15 is 0 Å². The molecule has 0 unspecified atom stereocenters. The van der Waals surface area contributed by atoms with Crippen molar-refractivity contribution in [3.05, 3.63) is 35.7 Å². The molecular formula is C19H29N3O. The van der Waals surface area contributed by atoms with Gasteiger partial charge in [-0.25, -0.2) is 0 Å². The molecule has 2 N–H and O–H groups in total. The SMILES string of the molecule is CCCCCCCCCCc1ccc(-c2noc(CN)n2)cc1. The molecule has 0 fully saturated rings. The van der Waals surface area contributed by atoms with Crippen LogP contribution in [0.3, 0.4) is 0 Å². The minimum atomic E-state index is 0.281. The second kappa shape index (κ2) is 10.2. The van der Waals surface area contributed by atoms with E-state index in [4.69, 9.17) is 10.3 Å². The lowest BCUT2D eigenvalue weighted by atomic mass is 10.0. The maximum Gasteiger partial charge on any atom is 0.240 e. The first-order valence-electron chi connectivity index (χ1n) is 8.95. The number of rotatable bonds is 11. The summed E-state index contributed by atoms with van der Waals surface area (Å²) in [7, 11) is 0. The molecule has 2 aromatic rings. The molecule has 23 heavy (non-hydrogen) atoms. The van der Waals surface area contributed by atoms with Crippen LogP contribution in [0.2, 0.25) is 0 Å². The van der Waals surface area contributed by atoms with Crippen molar-refractivity contribution in [2.24, 2.45) is 5.73 Å². The van der Waals surface area contributed by atoms with Gasteiger partial charge < -0.3 is 10.3 Å². The lowest BCUT2D eigenvalue weighted by Gasteiger charge is -2.03. The molecule has 0 aliphatic carbocycles. The smallest absolute Gasteiger partial charge is 0.240 e. The highest BCUT2D eigenvalue weighted by molar-refractivity contribution is 5.54. The summed E-state index contributed by atoms with van der Waals surface area (Å²) in [6.45, 7) is 2.55. The summed E-state index contributed by atoms with van der Waals surface area (Å²) in [6.07, 6.45) is 12.0. The van der Waals surface area contributed by atoms with E-state index in [0.29, 0.717) is 11.7 Å². The van der Waals surface area contributed by atoms with Crippen molar-refractivity contribution in [3.8, 4) is 11.4 Å². The molecular weight excluding hydrogens is 286 g/mol. The summed E-state index contributed by atoms with van der Waals surface area (Å²) < 4.78 is 5.04. The molecule has 0 bridgehead atoms. The van der Waals surface area contributed by atoms with E-state index in [1.54, 1.807) is 0 Å². The van der Waals surface area contributed by atoms with Gasteiger partial charge in [0.2, 0.25) is 11.7 Å². The van der Waals surface area contributed by atoms with Crippen molar-refractivity contribution < 1.29 is 4.52 Å². The standard InChI is InChI=1S/C19H29N3O/c1-2-3-4-5-6-7-8-9-10-16-11-13-17(14-12-16)19-21-18(15-20)23-22-19/h11-14H,2-10,15,20H2,1H3. The van der Waals surface area contributed by atoms with Crippen molar-refractivity contribution in [1.29, 1.82) is 0 Å². The number of benzene rings is 1. The highest BCUT2D eigenvalue weighted by atomic mass is 16.5. The summed E-state index contributed by atoms with van der Waals surface area (Å²) in [4.78, 5) is 4.24. The molecule has 0 radical (unpaired) electrons. The summed E-state index contributed by atoms with van der Waals surface area (Å²) in [5.74, 6) is 1.09. The molecule has 0 aliphatic rings. The van der Waals surface area contributed by atoms with E-state index < -0.39 is 0 Å². The fourth-order valence-corrected chi connectivity index (χ4v) is 2.74. The number of aryl methyl sites for hydroxylation is 1. The van der Waals surface area contributed by atoms with Gasteiger partial charge in [-0.3, -0.25) is 0 Å². The van der Waals surface area contributed by atoms with E-state index in [9.17, 15) is 0 Å². The zero-order chi connectivity index (χ0) is 16.3. The van der Waals surface area contributed by atoms with E-state index in [1.807, 2.05) is 0 Å². The summed E-state index contributed by atoms with van der Waals surface area (Å²) in [5.41, 5.74) is 7.84. The van der Waals surface area contributed by atoms with Gasteiger partial charge in [-0.05, 0) is 18.4 Å². The molecule has 1 aromatic carbocycles. The number of hydrogen-bond donors (Lipinski definition) is 1. The molecule has 4 heteroatoms. The van der Waals surface area contributed by atoms with Crippen molar-refractivity contribution in [1.82, 2.24) is 10.1 Å². The molecule has 0 aliphatic heterocycles. The molecule has 0 spiro atoms.